The van der Waals surface area contributed by atoms with Crippen LogP contribution in [0, 0.1) is 0 Å². The summed E-state index contributed by atoms with van der Waals surface area (Å²) in [4.78, 5) is 0. The van der Waals surface area contributed by atoms with E-state index < -0.39 is 0 Å². The van der Waals surface area contributed by atoms with Gasteiger partial charge in [0.05, 0.1) is 11.9 Å². The van der Waals surface area contributed by atoms with Crippen molar-refractivity contribution in [3.8, 4) is 5.75 Å². The van der Waals surface area contributed by atoms with Gasteiger partial charge in [-0.25, -0.2) is 0 Å². The Balaban J connectivity index is 1.86. The number of anilines is 1. The summed E-state index contributed by atoms with van der Waals surface area (Å²) in [5.41, 5.74) is 1.86. The van der Waals surface area contributed by atoms with Crippen LogP contribution in [0.15, 0.2) is 48.8 Å². The molecule has 0 radical (unpaired) electrons. The number of hydrogen-bond donors (Lipinski definition) is 2. The first-order valence-corrected chi connectivity index (χ1v) is 7.13. The summed E-state index contributed by atoms with van der Waals surface area (Å²) in [5.74, 6) is 0.317. The number of phenols is 1. The molecule has 2 N–H and O–H groups in total. The third-order valence-corrected chi connectivity index (χ3v) is 3.62. The third kappa shape index (κ3) is 2.70. The molecular formula is C17H19N3O. The highest BCUT2D eigenvalue weighted by Crippen LogP contribution is 2.27. The summed E-state index contributed by atoms with van der Waals surface area (Å²) in [6, 6.07) is 12.1. The van der Waals surface area contributed by atoms with E-state index in [0.717, 1.165) is 22.0 Å². The van der Waals surface area contributed by atoms with Crippen molar-refractivity contribution < 1.29 is 5.11 Å². The Bertz CT molecular complexity index is 762. The van der Waals surface area contributed by atoms with Crippen LogP contribution in [0.25, 0.3) is 10.8 Å². The molecule has 0 unspecified atom stereocenters. The second-order valence-corrected chi connectivity index (χ2v) is 5.44. The lowest BCUT2D eigenvalue weighted by molar-refractivity contribution is 0.470. The van der Waals surface area contributed by atoms with E-state index in [0.29, 0.717) is 18.3 Å². The first-order valence-electron chi connectivity index (χ1n) is 7.13. The molecule has 4 heteroatoms. The van der Waals surface area contributed by atoms with Crippen molar-refractivity contribution in [1.29, 1.82) is 0 Å². The van der Waals surface area contributed by atoms with Gasteiger partial charge in [-0.05, 0) is 30.7 Å². The zero-order chi connectivity index (χ0) is 14.8. The normalized spacial score (nSPS) is 11.2. The molecule has 3 aromatic rings. The van der Waals surface area contributed by atoms with Crippen molar-refractivity contribution >= 4 is 16.5 Å². The molecule has 0 aliphatic rings. The molecular weight excluding hydrogens is 262 g/mol. The van der Waals surface area contributed by atoms with Crippen molar-refractivity contribution in [2.45, 2.75) is 26.4 Å². The van der Waals surface area contributed by atoms with Crippen LogP contribution in [0.1, 0.15) is 25.5 Å². The molecule has 0 saturated heterocycles. The molecule has 1 aromatic heterocycles. The van der Waals surface area contributed by atoms with Crippen LogP contribution < -0.4 is 5.32 Å². The minimum atomic E-state index is 0.317. The van der Waals surface area contributed by atoms with Gasteiger partial charge in [0.2, 0.25) is 0 Å². The van der Waals surface area contributed by atoms with Gasteiger partial charge in [0.25, 0.3) is 0 Å². The van der Waals surface area contributed by atoms with Crippen molar-refractivity contribution in [1.82, 2.24) is 9.78 Å². The summed E-state index contributed by atoms with van der Waals surface area (Å²) in [5, 5.41) is 19.9. The molecule has 0 fully saturated rings. The van der Waals surface area contributed by atoms with E-state index in [1.165, 1.54) is 0 Å². The molecule has 1 heterocycles. The molecule has 4 nitrogen and oxygen atoms in total. The average molecular weight is 281 g/mol. The number of nitrogens with zero attached hydrogens (tertiary/aromatic N) is 2. The number of nitrogens with one attached hydrogen (secondary N) is 1. The molecule has 2 aromatic carbocycles. The first-order chi connectivity index (χ1) is 10.1. The lowest BCUT2D eigenvalue weighted by Crippen LogP contribution is -2.01. The Morgan fingerprint density at radius 1 is 1.19 bits per heavy atom. The van der Waals surface area contributed by atoms with Gasteiger partial charge >= 0.3 is 0 Å². The van der Waals surface area contributed by atoms with E-state index >= 15 is 0 Å². The zero-order valence-corrected chi connectivity index (χ0v) is 12.2. The maximum Gasteiger partial charge on any atom is 0.121 e. The van der Waals surface area contributed by atoms with E-state index in [-0.39, 0.29) is 0 Å². The van der Waals surface area contributed by atoms with Crippen LogP contribution in [0.2, 0.25) is 0 Å². The summed E-state index contributed by atoms with van der Waals surface area (Å²) in [6.45, 7) is 4.75. The van der Waals surface area contributed by atoms with Gasteiger partial charge in [0.15, 0.2) is 0 Å². The second-order valence-electron chi connectivity index (χ2n) is 5.44. The van der Waals surface area contributed by atoms with E-state index in [1.807, 2.05) is 41.3 Å². The van der Waals surface area contributed by atoms with E-state index in [9.17, 15) is 5.11 Å². The number of fused-ring (bicyclic) bond motifs is 1. The molecule has 0 bridgehead atoms. The van der Waals surface area contributed by atoms with Crippen molar-refractivity contribution in [3.05, 3.63) is 54.4 Å². The van der Waals surface area contributed by atoms with Gasteiger partial charge in [-0.1, -0.05) is 30.3 Å². The molecule has 0 amide bonds. The molecule has 21 heavy (non-hydrogen) atoms. The largest absolute Gasteiger partial charge is 0.508 e. The van der Waals surface area contributed by atoms with Gasteiger partial charge in [0, 0.05) is 24.3 Å². The van der Waals surface area contributed by atoms with Gasteiger partial charge in [-0.2, -0.15) is 5.10 Å². The van der Waals surface area contributed by atoms with E-state index in [4.69, 9.17) is 0 Å². The van der Waals surface area contributed by atoms with Crippen LogP contribution >= 0.6 is 0 Å². The number of benzene rings is 2. The first kappa shape index (κ1) is 13.5. The molecule has 0 aliphatic carbocycles. The maximum absolute atomic E-state index is 10.1. The molecule has 108 valence electrons. The Morgan fingerprint density at radius 3 is 2.76 bits per heavy atom. The van der Waals surface area contributed by atoms with Crippen molar-refractivity contribution in [2.75, 3.05) is 5.32 Å². The SMILES string of the molecule is CC(C)n1cc(NCc2c(O)ccc3ccccc23)cn1. The standard InChI is InChI=1S/C17H19N3O/c1-12(2)20-11-14(9-19-20)18-10-16-15-6-4-3-5-13(15)7-8-17(16)21/h3-9,11-12,18,21H,10H2,1-2H3. The molecule has 3 rings (SSSR count). The summed E-state index contributed by atoms with van der Waals surface area (Å²) >= 11 is 0. The van der Waals surface area contributed by atoms with Crippen LogP contribution in [-0.4, -0.2) is 14.9 Å². The Morgan fingerprint density at radius 2 is 2.00 bits per heavy atom. The van der Waals surface area contributed by atoms with Gasteiger partial charge in [-0.3, -0.25) is 4.68 Å². The van der Waals surface area contributed by atoms with Crippen LogP contribution in [0.5, 0.6) is 5.75 Å². The van der Waals surface area contributed by atoms with Crippen molar-refractivity contribution in [3.63, 3.8) is 0 Å². The fourth-order valence-electron chi connectivity index (χ4n) is 2.41. The predicted octanol–water partition coefficient (Wildman–Crippen LogP) is 3.93. The Kier molecular flexibility index (Phi) is 3.52. The smallest absolute Gasteiger partial charge is 0.121 e. The van der Waals surface area contributed by atoms with Gasteiger partial charge in [-0.15, -0.1) is 0 Å². The highest BCUT2D eigenvalue weighted by atomic mass is 16.3. The zero-order valence-electron chi connectivity index (χ0n) is 12.2. The highest BCUT2D eigenvalue weighted by molar-refractivity contribution is 5.87. The minimum Gasteiger partial charge on any atom is -0.508 e. The third-order valence-electron chi connectivity index (χ3n) is 3.62. The summed E-state index contributed by atoms with van der Waals surface area (Å²) in [7, 11) is 0. The molecule has 0 saturated carbocycles. The van der Waals surface area contributed by atoms with E-state index in [1.54, 1.807) is 6.07 Å². The summed E-state index contributed by atoms with van der Waals surface area (Å²) in [6.07, 6.45) is 3.79. The Labute approximate surface area is 124 Å². The number of hydrogen-bond acceptors (Lipinski definition) is 3. The quantitative estimate of drug-likeness (QED) is 0.761. The predicted molar refractivity (Wildman–Crippen MR) is 85.6 cm³/mol. The number of rotatable bonds is 4. The van der Waals surface area contributed by atoms with Crippen LogP contribution in [0.4, 0.5) is 5.69 Å². The average Bonchev–Trinajstić information content (AvgIpc) is 2.95. The summed E-state index contributed by atoms with van der Waals surface area (Å²) < 4.78 is 1.91. The van der Waals surface area contributed by atoms with Crippen LogP contribution in [0.3, 0.4) is 0 Å². The topological polar surface area (TPSA) is 50.1 Å². The molecule has 0 spiro atoms. The lowest BCUT2D eigenvalue weighted by atomic mass is 10.0. The van der Waals surface area contributed by atoms with Gasteiger partial charge < -0.3 is 10.4 Å². The fraction of sp³-hybridized carbons (Fsp3) is 0.235. The Hall–Kier alpha value is -2.49. The van der Waals surface area contributed by atoms with Crippen LogP contribution in [-0.2, 0) is 6.54 Å². The fourth-order valence-corrected chi connectivity index (χ4v) is 2.41. The number of aromatic hydroxyl groups is 1. The monoisotopic (exact) mass is 281 g/mol. The van der Waals surface area contributed by atoms with Gasteiger partial charge in [0.1, 0.15) is 5.75 Å². The van der Waals surface area contributed by atoms with E-state index in [2.05, 4.69) is 30.3 Å². The highest BCUT2D eigenvalue weighted by Gasteiger charge is 2.07. The van der Waals surface area contributed by atoms with Crippen molar-refractivity contribution in [2.24, 2.45) is 0 Å². The maximum atomic E-state index is 10.1. The molecule has 0 atom stereocenters. The number of phenolic OH excluding ortho intramolecular Hbond substituents is 1. The number of aromatic nitrogens is 2. The minimum absolute atomic E-state index is 0.317. The second kappa shape index (κ2) is 5.48. The molecule has 0 aliphatic heterocycles. The lowest BCUT2D eigenvalue weighted by Gasteiger charge is -2.10.